The fourth-order valence-electron chi connectivity index (χ4n) is 1.55. The maximum atomic E-state index is 5.66. The fraction of sp³-hybridized carbons (Fsp3) is 0.214. The van der Waals surface area contributed by atoms with Crippen molar-refractivity contribution in [3.8, 4) is 11.6 Å². The number of hydrogen-bond acceptors (Lipinski definition) is 4. The van der Waals surface area contributed by atoms with Crippen molar-refractivity contribution >= 4 is 5.69 Å². The van der Waals surface area contributed by atoms with E-state index in [0.29, 0.717) is 11.6 Å². The van der Waals surface area contributed by atoms with E-state index in [1.807, 2.05) is 24.3 Å². The maximum Gasteiger partial charge on any atom is 0.221 e. The normalized spacial score (nSPS) is 10.3. The topological polar surface area (TPSA) is 57.4 Å². The van der Waals surface area contributed by atoms with E-state index in [4.69, 9.17) is 15.2 Å². The number of hydrogen-bond donors (Lipinski definition) is 1. The van der Waals surface area contributed by atoms with Crippen molar-refractivity contribution in [2.75, 3.05) is 19.5 Å². The smallest absolute Gasteiger partial charge is 0.221 e. The molecule has 0 unspecified atom stereocenters. The van der Waals surface area contributed by atoms with Gasteiger partial charge in [0.1, 0.15) is 5.75 Å². The minimum Gasteiger partial charge on any atom is -0.439 e. The summed E-state index contributed by atoms with van der Waals surface area (Å²) in [6.07, 6.45) is 2.52. The molecule has 0 saturated heterocycles. The Balaban J connectivity index is 2.02. The molecule has 0 aliphatic carbocycles. The molecule has 1 heterocycles. The molecule has 0 fully saturated rings. The first-order valence-electron chi connectivity index (χ1n) is 5.75. The molecule has 2 rings (SSSR count). The highest BCUT2D eigenvalue weighted by atomic mass is 16.5. The number of nitrogen functional groups attached to an aromatic ring is 1. The maximum absolute atomic E-state index is 5.66. The van der Waals surface area contributed by atoms with Crippen molar-refractivity contribution < 1.29 is 9.47 Å². The molecule has 4 nitrogen and oxygen atoms in total. The van der Waals surface area contributed by atoms with Gasteiger partial charge in [-0.3, -0.25) is 0 Å². The van der Waals surface area contributed by atoms with Gasteiger partial charge in [-0.15, -0.1) is 0 Å². The van der Waals surface area contributed by atoms with E-state index in [1.54, 1.807) is 25.4 Å². The minimum atomic E-state index is 0.500. The van der Waals surface area contributed by atoms with Crippen molar-refractivity contribution in [2.45, 2.75) is 6.42 Å². The van der Waals surface area contributed by atoms with Gasteiger partial charge in [-0.1, -0.05) is 12.1 Å². The number of rotatable bonds is 5. The Labute approximate surface area is 106 Å². The van der Waals surface area contributed by atoms with Gasteiger partial charge in [0.15, 0.2) is 0 Å². The van der Waals surface area contributed by atoms with Crippen LogP contribution in [0, 0.1) is 0 Å². The second-order valence-electron chi connectivity index (χ2n) is 3.92. The lowest BCUT2D eigenvalue weighted by Gasteiger charge is -2.06. The van der Waals surface area contributed by atoms with Gasteiger partial charge >= 0.3 is 0 Å². The standard InChI is InChI=1S/C14H16N2O2/c1-17-9-7-11-2-4-13(5-3-11)18-14-10-12(15)6-8-16-14/h2-6,8,10H,7,9H2,1H3,(H2,15,16). The second-order valence-corrected chi connectivity index (χ2v) is 3.92. The van der Waals surface area contributed by atoms with Crippen LogP contribution in [0.5, 0.6) is 11.6 Å². The average molecular weight is 244 g/mol. The summed E-state index contributed by atoms with van der Waals surface area (Å²) in [5.74, 6) is 1.24. The molecule has 0 amide bonds. The molecule has 2 N–H and O–H groups in total. The summed E-state index contributed by atoms with van der Waals surface area (Å²) in [7, 11) is 1.70. The highest BCUT2D eigenvalue weighted by Crippen LogP contribution is 2.21. The van der Waals surface area contributed by atoms with E-state index < -0.39 is 0 Å². The van der Waals surface area contributed by atoms with Crippen LogP contribution in [-0.4, -0.2) is 18.7 Å². The summed E-state index contributed by atoms with van der Waals surface area (Å²) >= 11 is 0. The molecule has 1 aromatic heterocycles. The summed E-state index contributed by atoms with van der Waals surface area (Å²) < 4.78 is 10.6. The number of anilines is 1. The first-order chi connectivity index (χ1) is 8.78. The Morgan fingerprint density at radius 1 is 1.17 bits per heavy atom. The van der Waals surface area contributed by atoms with E-state index in [9.17, 15) is 0 Å². The minimum absolute atomic E-state index is 0.500. The van der Waals surface area contributed by atoms with Crippen LogP contribution in [0.2, 0.25) is 0 Å². The Hall–Kier alpha value is -2.07. The molecule has 18 heavy (non-hydrogen) atoms. The zero-order valence-corrected chi connectivity index (χ0v) is 10.3. The van der Waals surface area contributed by atoms with E-state index in [-0.39, 0.29) is 0 Å². The molecular weight excluding hydrogens is 228 g/mol. The first-order valence-corrected chi connectivity index (χ1v) is 5.75. The Kier molecular flexibility index (Phi) is 4.15. The van der Waals surface area contributed by atoms with Gasteiger partial charge < -0.3 is 15.2 Å². The van der Waals surface area contributed by atoms with E-state index in [0.717, 1.165) is 18.8 Å². The Bertz CT molecular complexity index is 497. The first kappa shape index (κ1) is 12.4. The zero-order chi connectivity index (χ0) is 12.8. The number of pyridine rings is 1. The molecule has 2 aromatic rings. The van der Waals surface area contributed by atoms with E-state index in [2.05, 4.69) is 4.98 Å². The molecule has 0 atom stereocenters. The summed E-state index contributed by atoms with van der Waals surface area (Å²) in [5.41, 5.74) is 7.51. The van der Waals surface area contributed by atoms with Crippen LogP contribution in [0.25, 0.3) is 0 Å². The van der Waals surface area contributed by atoms with Gasteiger partial charge in [-0.05, 0) is 30.2 Å². The summed E-state index contributed by atoms with van der Waals surface area (Å²) in [4.78, 5) is 4.08. The number of methoxy groups -OCH3 is 1. The lowest BCUT2D eigenvalue weighted by molar-refractivity contribution is 0.202. The number of nitrogens with zero attached hydrogens (tertiary/aromatic N) is 1. The summed E-state index contributed by atoms with van der Waals surface area (Å²) in [6.45, 7) is 0.719. The third kappa shape index (κ3) is 3.46. The molecule has 1 aromatic carbocycles. The van der Waals surface area contributed by atoms with E-state index in [1.165, 1.54) is 5.56 Å². The summed E-state index contributed by atoms with van der Waals surface area (Å²) in [5, 5.41) is 0. The molecule has 0 radical (unpaired) electrons. The molecule has 0 aliphatic heterocycles. The molecule has 0 saturated carbocycles. The number of aromatic nitrogens is 1. The van der Waals surface area contributed by atoms with E-state index >= 15 is 0 Å². The fourth-order valence-corrected chi connectivity index (χ4v) is 1.55. The molecule has 0 bridgehead atoms. The highest BCUT2D eigenvalue weighted by Gasteiger charge is 1.99. The summed E-state index contributed by atoms with van der Waals surface area (Å²) in [6, 6.07) is 11.3. The van der Waals surface area contributed by atoms with Gasteiger partial charge in [0.05, 0.1) is 6.61 Å². The highest BCUT2D eigenvalue weighted by molar-refractivity contribution is 5.41. The predicted octanol–water partition coefficient (Wildman–Crippen LogP) is 2.65. The van der Waals surface area contributed by atoms with Crippen molar-refractivity contribution in [1.29, 1.82) is 0 Å². The average Bonchev–Trinajstić information content (AvgIpc) is 2.38. The molecule has 0 aliphatic rings. The van der Waals surface area contributed by atoms with Crippen LogP contribution in [-0.2, 0) is 11.2 Å². The largest absolute Gasteiger partial charge is 0.439 e. The lowest BCUT2D eigenvalue weighted by atomic mass is 10.1. The van der Waals surface area contributed by atoms with Crippen molar-refractivity contribution in [1.82, 2.24) is 4.98 Å². The van der Waals surface area contributed by atoms with Crippen LogP contribution in [0.3, 0.4) is 0 Å². The lowest BCUT2D eigenvalue weighted by Crippen LogP contribution is -1.94. The van der Waals surface area contributed by atoms with Crippen LogP contribution in [0.4, 0.5) is 5.69 Å². The molecule has 4 heteroatoms. The van der Waals surface area contributed by atoms with Gasteiger partial charge in [0.2, 0.25) is 5.88 Å². The monoisotopic (exact) mass is 244 g/mol. The van der Waals surface area contributed by atoms with Crippen molar-refractivity contribution in [2.24, 2.45) is 0 Å². The number of ether oxygens (including phenoxy) is 2. The third-order valence-corrected chi connectivity index (χ3v) is 2.50. The SMILES string of the molecule is COCCc1ccc(Oc2cc(N)ccn2)cc1. The van der Waals surface area contributed by atoms with Crippen LogP contribution in [0.15, 0.2) is 42.6 Å². The van der Waals surface area contributed by atoms with Gasteiger partial charge in [-0.25, -0.2) is 4.98 Å². The Morgan fingerprint density at radius 2 is 1.94 bits per heavy atom. The van der Waals surface area contributed by atoms with Crippen molar-refractivity contribution in [3.63, 3.8) is 0 Å². The quantitative estimate of drug-likeness (QED) is 0.878. The van der Waals surface area contributed by atoms with Crippen LogP contribution < -0.4 is 10.5 Å². The zero-order valence-electron chi connectivity index (χ0n) is 10.3. The number of benzene rings is 1. The molecule has 0 spiro atoms. The number of nitrogens with two attached hydrogens (primary N) is 1. The Morgan fingerprint density at radius 3 is 2.61 bits per heavy atom. The van der Waals surface area contributed by atoms with Gasteiger partial charge in [0, 0.05) is 25.1 Å². The van der Waals surface area contributed by atoms with Gasteiger partial charge in [-0.2, -0.15) is 0 Å². The predicted molar refractivity (Wildman–Crippen MR) is 70.7 cm³/mol. The van der Waals surface area contributed by atoms with Gasteiger partial charge in [0.25, 0.3) is 0 Å². The molecular formula is C14H16N2O2. The molecule has 94 valence electrons. The third-order valence-electron chi connectivity index (χ3n) is 2.50. The van der Waals surface area contributed by atoms with Crippen LogP contribution >= 0.6 is 0 Å². The van der Waals surface area contributed by atoms with Crippen LogP contribution in [0.1, 0.15) is 5.56 Å². The second kappa shape index (κ2) is 6.02. The van der Waals surface area contributed by atoms with Crippen molar-refractivity contribution in [3.05, 3.63) is 48.2 Å².